The molecule has 1 unspecified atom stereocenters. The molecule has 1 heteroatoms. The zero-order chi connectivity index (χ0) is 11.8. The molecule has 0 aliphatic heterocycles. The molecular formula is C15H26O. The van der Waals surface area contributed by atoms with Crippen LogP contribution in [0, 0.1) is 17.3 Å². The third kappa shape index (κ3) is 2.88. The van der Waals surface area contributed by atoms with Gasteiger partial charge in [-0.05, 0) is 42.9 Å². The topological polar surface area (TPSA) is 20.2 Å². The van der Waals surface area contributed by atoms with Crippen LogP contribution in [0.15, 0.2) is 11.6 Å². The summed E-state index contributed by atoms with van der Waals surface area (Å²) in [6, 6.07) is 0. The van der Waals surface area contributed by atoms with E-state index in [0.29, 0.717) is 5.41 Å². The van der Waals surface area contributed by atoms with Crippen molar-refractivity contribution in [3.05, 3.63) is 11.6 Å². The van der Waals surface area contributed by atoms with E-state index in [0.717, 1.165) is 18.3 Å². The molecular weight excluding hydrogens is 196 g/mol. The summed E-state index contributed by atoms with van der Waals surface area (Å²) < 4.78 is 0. The maximum atomic E-state index is 9.92. The Bertz CT molecular complexity index is 269. The van der Waals surface area contributed by atoms with Crippen molar-refractivity contribution in [2.24, 2.45) is 17.3 Å². The van der Waals surface area contributed by atoms with Crippen LogP contribution in [-0.2, 0) is 0 Å². The van der Waals surface area contributed by atoms with Crippen molar-refractivity contribution in [1.82, 2.24) is 0 Å². The van der Waals surface area contributed by atoms with Crippen molar-refractivity contribution < 1.29 is 5.11 Å². The minimum Gasteiger partial charge on any atom is -0.389 e. The molecule has 2 rings (SSSR count). The molecule has 0 amide bonds. The molecule has 0 spiro atoms. The van der Waals surface area contributed by atoms with Gasteiger partial charge in [0.2, 0.25) is 0 Å². The first kappa shape index (κ1) is 12.2. The molecule has 0 bridgehead atoms. The van der Waals surface area contributed by atoms with E-state index in [1.165, 1.54) is 32.1 Å². The quantitative estimate of drug-likeness (QED) is 0.667. The first-order valence-corrected chi connectivity index (χ1v) is 6.85. The Labute approximate surface area is 99.9 Å². The largest absolute Gasteiger partial charge is 0.389 e. The summed E-state index contributed by atoms with van der Waals surface area (Å²) >= 11 is 0. The highest BCUT2D eigenvalue weighted by Gasteiger charge is 2.31. The van der Waals surface area contributed by atoms with E-state index in [9.17, 15) is 5.11 Å². The van der Waals surface area contributed by atoms with Crippen molar-refractivity contribution in [1.29, 1.82) is 0 Å². The third-order valence-corrected chi connectivity index (χ3v) is 4.39. The Balaban J connectivity index is 2.03. The van der Waals surface area contributed by atoms with Crippen LogP contribution >= 0.6 is 0 Å². The molecule has 92 valence electrons. The Kier molecular flexibility index (Phi) is 3.44. The number of aliphatic hydroxyl groups excluding tert-OH is 1. The fourth-order valence-corrected chi connectivity index (χ4v) is 3.47. The van der Waals surface area contributed by atoms with Gasteiger partial charge in [-0.1, -0.05) is 45.3 Å². The summed E-state index contributed by atoms with van der Waals surface area (Å²) in [4.78, 5) is 0. The average Bonchev–Trinajstić information content (AvgIpc) is 2.15. The second kappa shape index (κ2) is 4.52. The van der Waals surface area contributed by atoms with E-state index in [4.69, 9.17) is 0 Å². The van der Waals surface area contributed by atoms with Gasteiger partial charge in [0.1, 0.15) is 0 Å². The first-order valence-electron chi connectivity index (χ1n) is 6.85. The van der Waals surface area contributed by atoms with Gasteiger partial charge < -0.3 is 5.11 Å². The van der Waals surface area contributed by atoms with Crippen molar-refractivity contribution in [2.75, 3.05) is 0 Å². The molecule has 1 fully saturated rings. The van der Waals surface area contributed by atoms with Crippen molar-refractivity contribution >= 4 is 0 Å². The molecule has 0 heterocycles. The summed E-state index contributed by atoms with van der Waals surface area (Å²) in [5.41, 5.74) is 1.85. The van der Waals surface area contributed by atoms with Crippen LogP contribution in [0.5, 0.6) is 0 Å². The molecule has 0 aromatic rings. The Hall–Kier alpha value is -0.300. The lowest BCUT2D eigenvalue weighted by Crippen LogP contribution is -2.28. The van der Waals surface area contributed by atoms with Gasteiger partial charge in [-0.2, -0.15) is 0 Å². The average molecular weight is 222 g/mol. The molecule has 0 saturated heterocycles. The second-order valence-electron chi connectivity index (χ2n) is 6.81. The zero-order valence-electron chi connectivity index (χ0n) is 11.0. The van der Waals surface area contributed by atoms with Crippen LogP contribution in [0.4, 0.5) is 0 Å². The van der Waals surface area contributed by atoms with E-state index >= 15 is 0 Å². The van der Waals surface area contributed by atoms with Gasteiger partial charge >= 0.3 is 0 Å². The van der Waals surface area contributed by atoms with Crippen LogP contribution in [0.2, 0.25) is 0 Å². The summed E-state index contributed by atoms with van der Waals surface area (Å²) in [6.07, 6.45) is 9.52. The molecule has 2 aliphatic carbocycles. The van der Waals surface area contributed by atoms with Gasteiger partial charge in [-0.3, -0.25) is 0 Å². The third-order valence-electron chi connectivity index (χ3n) is 4.39. The highest BCUT2D eigenvalue weighted by molar-refractivity contribution is 5.16. The minimum absolute atomic E-state index is 0.196. The van der Waals surface area contributed by atoms with Gasteiger partial charge in [0.15, 0.2) is 0 Å². The van der Waals surface area contributed by atoms with Crippen LogP contribution in [0.25, 0.3) is 0 Å². The predicted molar refractivity (Wildman–Crippen MR) is 68.2 cm³/mol. The van der Waals surface area contributed by atoms with Gasteiger partial charge in [-0.15, -0.1) is 0 Å². The van der Waals surface area contributed by atoms with Crippen LogP contribution in [-0.4, -0.2) is 11.2 Å². The van der Waals surface area contributed by atoms with Crippen molar-refractivity contribution in [3.8, 4) is 0 Å². The summed E-state index contributed by atoms with van der Waals surface area (Å²) in [7, 11) is 0. The molecule has 0 aromatic carbocycles. The molecule has 16 heavy (non-hydrogen) atoms. The predicted octanol–water partition coefficient (Wildman–Crippen LogP) is 3.92. The normalized spacial score (nSPS) is 39.2. The summed E-state index contributed by atoms with van der Waals surface area (Å²) in [5.74, 6) is 1.68. The minimum atomic E-state index is -0.196. The van der Waals surface area contributed by atoms with E-state index < -0.39 is 0 Å². The Morgan fingerprint density at radius 2 is 1.81 bits per heavy atom. The highest BCUT2D eigenvalue weighted by atomic mass is 16.3. The van der Waals surface area contributed by atoms with Crippen LogP contribution in [0.1, 0.15) is 59.3 Å². The fourth-order valence-electron chi connectivity index (χ4n) is 3.47. The monoisotopic (exact) mass is 222 g/mol. The molecule has 0 aromatic heterocycles. The van der Waals surface area contributed by atoms with Gasteiger partial charge in [-0.25, -0.2) is 0 Å². The van der Waals surface area contributed by atoms with Crippen molar-refractivity contribution in [3.63, 3.8) is 0 Å². The number of hydrogen-bond donors (Lipinski definition) is 1. The maximum absolute atomic E-state index is 9.92. The lowest BCUT2D eigenvalue weighted by molar-refractivity contribution is 0.131. The maximum Gasteiger partial charge on any atom is 0.0728 e. The number of rotatable bonds is 1. The molecule has 1 nitrogen and oxygen atoms in total. The lowest BCUT2D eigenvalue weighted by Gasteiger charge is -2.37. The zero-order valence-corrected chi connectivity index (χ0v) is 11.0. The van der Waals surface area contributed by atoms with Gasteiger partial charge in [0, 0.05) is 0 Å². The SMILES string of the molecule is CC1CCC(C2=CC(O)CC(C)(C)C2)CC1. The number of hydrogen-bond acceptors (Lipinski definition) is 1. The standard InChI is InChI=1S/C15H26O/c1-11-4-6-12(7-5-11)13-8-14(16)10-15(2,3)9-13/h8,11-12,14,16H,4-7,9-10H2,1-3H3. The van der Waals surface area contributed by atoms with E-state index in [2.05, 4.69) is 26.8 Å². The second-order valence-corrected chi connectivity index (χ2v) is 6.81. The van der Waals surface area contributed by atoms with E-state index in [-0.39, 0.29) is 6.10 Å². The first-order chi connectivity index (χ1) is 7.46. The van der Waals surface area contributed by atoms with Crippen LogP contribution < -0.4 is 0 Å². The highest BCUT2D eigenvalue weighted by Crippen LogP contribution is 2.42. The summed E-state index contributed by atoms with van der Waals surface area (Å²) in [5, 5.41) is 9.92. The van der Waals surface area contributed by atoms with Gasteiger partial charge in [0.05, 0.1) is 6.10 Å². The van der Waals surface area contributed by atoms with E-state index in [1.54, 1.807) is 5.57 Å². The van der Waals surface area contributed by atoms with Crippen molar-refractivity contribution in [2.45, 2.75) is 65.4 Å². The van der Waals surface area contributed by atoms with Gasteiger partial charge in [0.25, 0.3) is 0 Å². The van der Waals surface area contributed by atoms with Crippen LogP contribution in [0.3, 0.4) is 0 Å². The molecule has 0 radical (unpaired) electrons. The molecule has 1 N–H and O–H groups in total. The Morgan fingerprint density at radius 1 is 1.19 bits per heavy atom. The Morgan fingerprint density at radius 3 is 2.38 bits per heavy atom. The number of aliphatic hydroxyl groups is 1. The smallest absolute Gasteiger partial charge is 0.0728 e. The fraction of sp³-hybridized carbons (Fsp3) is 0.867. The lowest BCUT2D eigenvalue weighted by atomic mass is 9.69. The number of allylic oxidation sites excluding steroid dienone is 1. The molecule has 1 atom stereocenters. The molecule has 2 aliphatic rings. The summed E-state index contributed by atoms with van der Waals surface area (Å²) in [6.45, 7) is 6.94. The molecule has 1 saturated carbocycles. The van der Waals surface area contributed by atoms with E-state index in [1.807, 2.05) is 0 Å².